The fourth-order valence-corrected chi connectivity index (χ4v) is 2.43. The molecular weight excluding hydrogens is 322 g/mol. The second-order valence-corrected chi connectivity index (χ2v) is 5.86. The van der Waals surface area contributed by atoms with Crippen molar-refractivity contribution in [2.75, 3.05) is 7.11 Å². The standard InChI is InChI=1S/C17H19N5O3/c1-11(2)16-18-14(10-21-9-8-15(23)19-17(21)24)22(20-16)12-6-4-5-7-13(12)25-3/h4-9,11H,10H2,1-3H3,(H,19,23,24). The molecular formula is C17H19N5O3. The number of aromatic amines is 1. The summed E-state index contributed by atoms with van der Waals surface area (Å²) in [7, 11) is 1.59. The Morgan fingerprint density at radius 2 is 1.96 bits per heavy atom. The van der Waals surface area contributed by atoms with Crippen LogP contribution in [0.5, 0.6) is 5.75 Å². The number of para-hydroxylation sites is 2. The van der Waals surface area contributed by atoms with Crippen molar-refractivity contribution < 1.29 is 4.74 Å². The summed E-state index contributed by atoms with van der Waals surface area (Å²) in [6.45, 7) is 4.17. The van der Waals surface area contributed by atoms with Crippen molar-refractivity contribution in [1.29, 1.82) is 0 Å². The molecule has 3 rings (SSSR count). The molecule has 0 aliphatic heterocycles. The number of methoxy groups -OCH3 is 1. The summed E-state index contributed by atoms with van der Waals surface area (Å²) in [6, 6.07) is 8.76. The Morgan fingerprint density at radius 1 is 1.20 bits per heavy atom. The summed E-state index contributed by atoms with van der Waals surface area (Å²) in [5.41, 5.74) is -0.194. The van der Waals surface area contributed by atoms with Crippen LogP contribution in [-0.2, 0) is 6.54 Å². The Bertz CT molecular complexity index is 1000. The molecule has 0 atom stereocenters. The quantitative estimate of drug-likeness (QED) is 0.755. The summed E-state index contributed by atoms with van der Waals surface area (Å²) in [5.74, 6) is 2.01. The maximum absolute atomic E-state index is 12.0. The molecule has 8 nitrogen and oxygen atoms in total. The molecule has 0 saturated carbocycles. The zero-order chi connectivity index (χ0) is 18.0. The zero-order valence-corrected chi connectivity index (χ0v) is 14.3. The van der Waals surface area contributed by atoms with E-state index in [2.05, 4.69) is 15.1 Å². The van der Waals surface area contributed by atoms with Crippen molar-refractivity contribution in [2.45, 2.75) is 26.3 Å². The molecule has 130 valence electrons. The fraction of sp³-hybridized carbons (Fsp3) is 0.294. The molecule has 0 unspecified atom stereocenters. The third-order valence-corrected chi connectivity index (χ3v) is 3.73. The van der Waals surface area contributed by atoms with Crippen molar-refractivity contribution in [1.82, 2.24) is 24.3 Å². The van der Waals surface area contributed by atoms with Gasteiger partial charge in [-0.15, -0.1) is 0 Å². The predicted octanol–water partition coefficient (Wildman–Crippen LogP) is 1.30. The molecule has 0 amide bonds. The maximum Gasteiger partial charge on any atom is 0.328 e. The van der Waals surface area contributed by atoms with Gasteiger partial charge >= 0.3 is 5.69 Å². The average Bonchev–Trinajstić information content (AvgIpc) is 3.01. The topological polar surface area (TPSA) is 94.8 Å². The van der Waals surface area contributed by atoms with E-state index in [0.717, 1.165) is 5.69 Å². The van der Waals surface area contributed by atoms with E-state index in [0.29, 0.717) is 17.4 Å². The van der Waals surface area contributed by atoms with Crippen LogP contribution in [-0.4, -0.2) is 31.4 Å². The molecule has 2 aromatic heterocycles. The lowest BCUT2D eigenvalue weighted by Gasteiger charge is -2.11. The highest BCUT2D eigenvalue weighted by Crippen LogP contribution is 2.24. The Labute approximate surface area is 143 Å². The number of rotatable bonds is 5. The average molecular weight is 341 g/mol. The predicted molar refractivity (Wildman–Crippen MR) is 92.4 cm³/mol. The van der Waals surface area contributed by atoms with Crippen LogP contribution in [0.2, 0.25) is 0 Å². The van der Waals surface area contributed by atoms with Crippen molar-refractivity contribution in [2.24, 2.45) is 0 Å². The number of nitrogens with zero attached hydrogens (tertiary/aromatic N) is 4. The van der Waals surface area contributed by atoms with Crippen molar-refractivity contribution in [3.05, 3.63) is 69.0 Å². The van der Waals surface area contributed by atoms with E-state index in [1.54, 1.807) is 11.8 Å². The molecule has 0 aliphatic rings. The van der Waals surface area contributed by atoms with E-state index in [1.165, 1.54) is 16.8 Å². The Hall–Kier alpha value is -3.16. The number of ether oxygens (including phenoxy) is 1. The minimum Gasteiger partial charge on any atom is -0.494 e. The second kappa shape index (κ2) is 6.76. The maximum atomic E-state index is 12.0. The molecule has 8 heteroatoms. The first-order valence-corrected chi connectivity index (χ1v) is 7.88. The molecule has 0 aliphatic carbocycles. The van der Waals surface area contributed by atoms with E-state index in [-0.39, 0.29) is 12.5 Å². The molecule has 2 heterocycles. The van der Waals surface area contributed by atoms with E-state index >= 15 is 0 Å². The van der Waals surface area contributed by atoms with Crippen LogP contribution < -0.4 is 16.0 Å². The van der Waals surface area contributed by atoms with Crippen LogP contribution in [0.1, 0.15) is 31.4 Å². The van der Waals surface area contributed by atoms with Gasteiger partial charge < -0.3 is 4.74 Å². The first kappa shape index (κ1) is 16.7. The first-order chi connectivity index (χ1) is 12.0. The Morgan fingerprint density at radius 3 is 2.64 bits per heavy atom. The van der Waals surface area contributed by atoms with Gasteiger partial charge in [-0.05, 0) is 12.1 Å². The molecule has 0 spiro atoms. The second-order valence-electron chi connectivity index (χ2n) is 5.86. The van der Waals surface area contributed by atoms with Gasteiger partial charge in [-0.1, -0.05) is 26.0 Å². The Balaban J connectivity index is 2.12. The van der Waals surface area contributed by atoms with Crippen LogP contribution in [0.15, 0.2) is 46.1 Å². The van der Waals surface area contributed by atoms with Gasteiger partial charge in [-0.2, -0.15) is 5.10 Å². The molecule has 1 N–H and O–H groups in total. The van der Waals surface area contributed by atoms with Crippen LogP contribution in [0.3, 0.4) is 0 Å². The minimum atomic E-state index is -0.492. The third kappa shape index (κ3) is 3.37. The van der Waals surface area contributed by atoms with Gasteiger partial charge in [0.25, 0.3) is 5.56 Å². The van der Waals surface area contributed by atoms with Gasteiger partial charge in [0, 0.05) is 18.2 Å². The molecule has 0 bridgehead atoms. The molecule has 0 saturated heterocycles. The van der Waals surface area contributed by atoms with Gasteiger partial charge in [0.1, 0.15) is 11.4 Å². The molecule has 3 aromatic rings. The minimum absolute atomic E-state index is 0.127. The van der Waals surface area contributed by atoms with Crippen LogP contribution in [0, 0.1) is 0 Å². The van der Waals surface area contributed by atoms with Crippen molar-refractivity contribution in [3.63, 3.8) is 0 Å². The molecule has 0 fully saturated rings. The SMILES string of the molecule is COc1ccccc1-n1nc(C(C)C)nc1Cn1ccc(=O)[nH]c1=O. The van der Waals surface area contributed by atoms with Crippen LogP contribution in [0.25, 0.3) is 5.69 Å². The van der Waals surface area contributed by atoms with Gasteiger partial charge in [-0.25, -0.2) is 14.5 Å². The number of hydrogen-bond donors (Lipinski definition) is 1. The largest absolute Gasteiger partial charge is 0.494 e. The van der Waals surface area contributed by atoms with Gasteiger partial charge in [0.15, 0.2) is 11.6 Å². The van der Waals surface area contributed by atoms with Crippen LogP contribution >= 0.6 is 0 Å². The lowest BCUT2D eigenvalue weighted by atomic mass is 10.2. The Kier molecular flexibility index (Phi) is 4.51. The van der Waals surface area contributed by atoms with E-state index in [9.17, 15) is 9.59 Å². The first-order valence-electron chi connectivity index (χ1n) is 7.88. The van der Waals surface area contributed by atoms with Gasteiger partial charge in [0.2, 0.25) is 0 Å². The lowest BCUT2D eigenvalue weighted by molar-refractivity contribution is 0.411. The number of H-pyrrole nitrogens is 1. The van der Waals surface area contributed by atoms with Crippen molar-refractivity contribution >= 4 is 0 Å². The number of aromatic nitrogens is 5. The third-order valence-electron chi connectivity index (χ3n) is 3.73. The summed E-state index contributed by atoms with van der Waals surface area (Å²) in [6.07, 6.45) is 1.44. The normalized spacial score (nSPS) is 11.0. The smallest absolute Gasteiger partial charge is 0.328 e. The zero-order valence-electron chi connectivity index (χ0n) is 14.3. The van der Waals surface area contributed by atoms with Crippen LogP contribution in [0.4, 0.5) is 0 Å². The lowest BCUT2D eigenvalue weighted by Crippen LogP contribution is -2.29. The van der Waals surface area contributed by atoms with E-state index in [4.69, 9.17) is 4.74 Å². The number of benzene rings is 1. The van der Waals surface area contributed by atoms with E-state index < -0.39 is 11.2 Å². The monoisotopic (exact) mass is 341 g/mol. The van der Waals surface area contributed by atoms with Gasteiger partial charge in [0.05, 0.1) is 13.7 Å². The summed E-state index contributed by atoms with van der Waals surface area (Å²) in [4.78, 5) is 30.0. The summed E-state index contributed by atoms with van der Waals surface area (Å²) in [5, 5.41) is 4.57. The molecule has 0 radical (unpaired) electrons. The fourth-order valence-electron chi connectivity index (χ4n) is 2.43. The molecule has 25 heavy (non-hydrogen) atoms. The highest BCUT2D eigenvalue weighted by atomic mass is 16.5. The number of hydrogen-bond acceptors (Lipinski definition) is 5. The highest BCUT2D eigenvalue weighted by molar-refractivity contribution is 5.46. The summed E-state index contributed by atoms with van der Waals surface area (Å²) >= 11 is 0. The van der Waals surface area contributed by atoms with Gasteiger partial charge in [-0.3, -0.25) is 14.3 Å². The summed E-state index contributed by atoms with van der Waals surface area (Å²) < 4.78 is 8.46. The number of nitrogens with one attached hydrogen (secondary N) is 1. The highest BCUT2D eigenvalue weighted by Gasteiger charge is 2.17. The van der Waals surface area contributed by atoms with Crippen molar-refractivity contribution in [3.8, 4) is 11.4 Å². The molecule has 1 aromatic carbocycles. The van der Waals surface area contributed by atoms with E-state index in [1.807, 2.05) is 38.1 Å².